The van der Waals surface area contributed by atoms with E-state index >= 15 is 0 Å². The molecule has 0 saturated carbocycles. The molecule has 1 N–H and O–H groups in total. The van der Waals surface area contributed by atoms with Gasteiger partial charge in [-0.05, 0) is 25.0 Å². The molecule has 2 heterocycles. The van der Waals surface area contributed by atoms with E-state index in [0.717, 1.165) is 42.1 Å². The minimum Gasteiger partial charge on any atom is -0.457 e. The average Bonchev–Trinajstić information content (AvgIpc) is 3.11. The number of ether oxygens (including phenoxy) is 2. The van der Waals surface area contributed by atoms with Crippen molar-refractivity contribution in [1.82, 2.24) is 5.32 Å². The standard InChI is InChI=1S/C19H19NO3/c21-19(20-12-13-6-5-11-22-13)18-14-7-1-3-9-16(14)23-17-10-4-2-8-15(17)18/h1-4,7-10,13,18H,5-6,11-12H2,(H,20,21)/t13-/m1/s1. The van der Waals surface area contributed by atoms with E-state index in [-0.39, 0.29) is 17.9 Å². The predicted molar refractivity (Wildman–Crippen MR) is 86.8 cm³/mol. The van der Waals surface area contributed by atoms with Crippen LogP contribution in [0, 0.1) is 0 Å². The Morgan fingerprint density at radius 2 is 1.70 bits per heavy atom. The number of amides is 1. The van der Waals surface area contributed by atoms with E-state index in [9.17, 15) is 4.79 Å². The van der Waals surface area contributed by atoms with Crippen molar-refractivity contribution < 1.29 is 14.3 Å². The highest BCUT2D eigenvalue weighted by atomic mass is 16.5. The zero-order valence-corrected chi connectivity index (χ0v) is 12.8. The van der Waals surface area contributed by atoms with Gasteiger partial charge in [0.1, 0.15) is 11.5 Å². The number of nitrogens with one attached hydrogen (secondary N) is 1. The number of fused-ring (bicyclic) bond motifs is 2. The number of hydrogen-bond donors (Lipinski definition) is 1. The van der Waals surface area contributed by atoms with Crippen LogP contribution in [0.15, 0.2) is 48.5 Å². The van der Waals surface area contributed by atoms with Crippen LogP contribution in [0.3, 0.4) is 0 Å². The summed E-state index contributed by atoms with van der Waals surface area (Å²) in [6.07, 6.45) is 2.23. The van der Waals surface area contributed by atoms with Crippen molar-refractivity contribution in [3.8, 4) is 11.5 Å². The molecule has 4 heteroatoms. The van der Waals surface area contributed by atoms with Gasteiger partial charge in [-0.1, -0.05) is 36.4 Å². The molecule has 4 nitrogen and oxygen atoms in total. The molecule has 4 rings (SSSR count). The molecule has 0 unspecified atom stereocenters. The van der Waals surface area contributed by atoms with Gasteiger partial charge in [-0.15, -0.1) is 0 Å². The van der Waals surface area contributed by atoms with Crippen molar-refractivity contribution in [2.24, 2.45) is 0 Å². The van der Waals surface area contributed by atoms with E-state index in [1.807, 2.05) is 48.5 Å². The Hall–Kier alpha value is -2.33. The Morgan fingerprint density at radius 3 is 2.30 bits per heavy atom. The number of carbonyl (C=O) groups is 1. The lowest BCUT2D eigenvalue weighted by Gasteiger charge is -2.27. The Balaban J connectivity index is 1.62. The van der Waals surface area contributed by atoms with Crippen molar-refractivity contribution in [3.05, 3.63) is 59.7 Å². The lowest BCUT2D eigenvalue weighted by molar-refractivity contribution is -0.122. The van der Waals surface area contributed by atoms with Crippen molar-refractivity contribution in [2.45, 2.75) is 24.9 Å². The number of rotatable bonds is 3. The SMILES string of the molecule is O=C(NC[C@H]1CCCO1)C1c2ccccc2Oc2ccccc21. The highest BCUT2D eigenvalue weighted by molar-refractivity contribution is 5.89. The van der Waals surface area contributed by atoms with Crippen LogP contribution >= 0.6 is 0 Å². The highest BCUT2D eigenvalue weighted by Gasteiger charge is 2.32. The first kappa shape index (κ1) is 14.3. The zero-order chi connectivity index (χ0) is 15.6. The maximum atomic E-state index is 12.9. The van der Waals surface area contributed by atoms with E-state index in [0.29, 0.717) is 6.54 Å². The monoisotopic (exact) mass is 309 g/mol. The summed E-state index contributed by atoms with van der Waals surface area (Å²) in [7, 11) is 0. The van der Waals surface area contributed by atoms with Crippen molar-refractivity contribution in [1.29, 1.82) is 0 Å². The Morgan fingerprint density at radius 1 is 1.04 bits per heavy atom. The van der Waals surface area contributed by atoms with Crippen molar-refractivity contribution in [3.63, 3.8) is 0 Å². The predicted octanol–water partition coefficient (Wildman–Crippen LogP) is 3.22. The molecule has 118 valence electrons. The van der Waals surface area contributed by atoms with Crippen LogP contribution in [0.5, 0.6) is 11.5 Å². The van der Waals surface area contributed by atoms with Crippen LogP contribution in [0.4, 0.5) is 0 Å². The van der Waals surface area contributed by atoms with Gasteiger partial charge < -0.3 is 14.8 Å². The summed E-state index contributed by atoms with van der Waals surface area (Å²) in [6, 6.07) is 15.5. The molecular formula is C19H19NO3. The molecule has 1 fully saturated rings. The lowest BCUT2D eigenvalue weighted by atomic mass is 9.87. The van der Waals surface area contributed by atoms with Gasteiger partial charge in [0.15, 0.2) is 0 Å². The van der Waals surface area contributed by atoms with Crippen LogP contribution in [-0.4, -0.2) is 25.2 Å². The topological polar surface area (TPSA) is 47.6 Å². The normalized spacial score (nSPS) is 19.6. The first-order chi connectivity index (χ1) is 11.3. The summed E-state index contributed by atoms with van der Waals surface area (Å²) >= 11 is 0. The van der Waals surface area contributed by atoms with E-state index in [4.69, 9.17) is 9.47 Å². The third-order valence-electron chi connectivity index (χ3n) is 4.47. The molecule has 0 aromatic heterocycles. The fourth-order valence-corrected chi connectivity index (χ4v) is 3.31. The molecule has 1 saturated heterocycles. The van der Waals surface area contributed by atoms with Gasteiger partial charge in [-0.25, -0.2) is 0 Å². The van der Waals surface area contributed by atoms with E-state index in [1.165, 1.54) is 0 Å². The van der Waals surface area contributed by atoms with Crippen LogP contribution in [0.25, 0.3) is 0 Å². The number of hydrogen-bond acceptors (Lipinski definition) is 3. The summed E-state index contributed by atoms with van der Waals surface area (Å²) in [5.74, 6) is 1.17. The molecule has 2 aliphatic rings. The van der Waals surface area contributed by atoms with Gasteiger partial charge in [0.25, 0.3) is 0 Å². The molecule has 0 spiro atoms. The van der Waals surface area contributed by atoms with Crippen molar-refractivity contribution >= 4 is 5.91 Å². The molecule has 23 heavy (non-hydrogen) atoms. The third-order valence-corrected chi connectivity index (χ3v) is 4.47. The van der Waals surface area contributed by atoms with Gasteiger partial charge in [0, 0.05) is 24.3 Å². The van der Waals surface area contributed by atoms with Crippen LogP contribution < -0.4 is 10.1 Å². The highest BCUT2D eigenvalue weighted by Crippen LogP contribution is 2.43. The zero-order valence-electron chi connectivity index (χ0n) is 12.8. The number of para-hydroxylation sites is 2. The van der Waals surface area contributed by atoms with Gasteiger partial charge in [0.05, 0.1) is 12.0 Å². The molecule has 0 bridgehead atoms. The van der Waals surface area contributed by atoms with Crippen LogP contribution in [0.2, 0.25) is 0 Å². The fraction of sp³-hybridized carbons (Fsp3) is 0.316. The maximum absolute atomic E-state index is 12.9. The average molecular weight is 309 g/mol. The summed E-state index contributed by atoms with van der Waals surface area (Å²) in [4.78, 5) is 12.9. The lowest BCUT2D eigenvalue weighted by Crippen LogP contribution is -2.36. The number of carbonyl (C=O) groups excluding carboxylic acids is 1. The quantitative estimate of drug-likeness (QED) is 0.947. The number of benzene rings is 2. The maximum Gasteiger partial charge on any atom is 0.232 e. The summed E-state index contributed by atoms with van der Waals surface area (Å²) < 4.78 is 11.5. The van der Waals surface area contributed by atoms with Gasteiger partial charge >= 0.3 is 0 Å². The summed E-state index contributed by atoms with van der Waals surface area (Å²) in [6.45, 7) is 1.37. The van der Waals surface area contributed by atoms with E-state index < -0.39 is 0 Å². The van der Waals surface area contributed by atoms with Gasteiger partial charge in [-0.3, -0.25) is 4.79 Å². The van der Waals surface area contributed by atoms with E-state index in [2.05, 4.69) is 5.32 Å². The van der Waals surface area contributed by atoms with Gasteiger partial charge in [0.2, 0.25) is 5.91 Å². The molecule has 2 aliphatic heterocycles. The molecule has 0 radical (unpaired) electrons. The first-order valence-corrected chi connectivity index (χ1v) is 8.08. The smallest absolute Gasteiger partial charge is 0.232 e. The minimum atomic E-state index is -0.336. The Bertz CT molecular complexity index is 677. The Labute approximate surface area is 135 Å². The molecule has 2 aromatic rings. The second kappa shape index (κ2) is 6.05. The summed E-state index contributed by atoms with van der Waals surface area (Å²) in [5, 5.41) is 3.06. The molecule has 1 amide bonds. The largest absolute Gasteiger partial charge is 0.457 e. The Kier molecular flexibility index (Phi) is 3.75. The molecule has 1 atom stereocenters. The second-order valence-electron chi connectivity index (χ2n) is 5.99. The first-order valence-electron chi connectivity index (χ1n) is 8.08. The van der Waals surface area contributed by atoms with Gasteiger partial charge in [-0.2, -0.15) is 0 Å². The second-order valence-corrected chi connectivity index (χ2v) is 5.99. The van der Waals surface area contributed by atoms with E-state index in [1.54, 1.807) is 0 Å². The minimum absolute atomic E-state index is 0.00343. The third kappa shape index (κ3) is 2.70. The van der Waals surface area contributed by atoms with Crippen LogP contribution in [-0.2, 0) is 9.53 Å². The van der Waals surface area contributed by atoms with Crippen LogP contribution in [0.1, 0.15) is 29.9 Å². The fourth-order valence-electron chi connectivity index (χ4n) is 3.31. The molecule has 0 aliphatic carbocycles. The summed E-state index contributed by atoms with van der Waals surface area (Å²) in [5.41, 5.74) is 1.83. The van der Waals surface area contributed by atoms with Crippen molar-refractivity contribution in [2.75, 3.05) is 13.2 Å². The molecule has 2 aromatic carbocycles. The molecular weight excluding hydrogens is 290 g/mol.